The Morgan fingerprint density at radius 1 is 1.34 bits per heavy atom. The van der Waals surface area contributed by atoms with Crippen LogP contribution in [-0.4, -0.2) is 57.8 Å². The van der Waals surface area contributed by atoms with E-state index >= 15 is 0 Å². The summed E-state index contributed by atoms with van der Waals surface area (Å²) in [6.07, 6.45) is 10.2. The van der Waals surface area contributed by atoms with Gasteiger partial charge in [0.05, 0.1) is 24.9 Å². The van der Waals surface area contributed by atoms with E-state index in [2.05, 4.69) is 34.2 Å². The third-order valence-corrected chi connectivity index (χ3v) is 8.05. The summed E-state index contributed by atoms with van der Waals surface area (Å²) in [5, 5.41) is 42.4. The van der Waals surface area contributed by atoms with Gasteiger partial charge in [0.15, 0.2) is 0 Å². The number of carbonyl (C=O) groups is 1. The van der Waals surface area contributed by atoms with E-state index in [1.165, 1.54) is 9.75 Å². The zero-order chi connectivity index (χ0) is 23.5. The van der Waals surface area contributed by atoms with Gasteiger partial charge < -0.3 is 25.7 Å². The molecule has 1 heterocycles. The van der Waals surface area contributed by atoms with Crippen molar-refractivity contribution in [1.82, 2.24) is 5.32 Å². The third-order valence-electron chi connectivity index (χ3n) is 5.85. The molecule has 1 fully saturated rings. The molecule has 5 N–H and O–H groups in total. The number of nitrogens with one attached hydrogen (secondary N) is 1. The van der Waals surface area contributed by atoms with Crippen molar-refractivity contribution in [3.8, 4) is 0 Å². The van der Waals surface area contributed by atoms with Gasteiger partial charge in [-0.15, -0.1) is 11.3 Å². The van der Waals surface area contributed by atoms with Crippen molar-refractivity contribution in [2.24, 2.45) is 11.8 Å². The molecule has 32 heavy (non-hydrogen) atoms. The number of allylic oxidation sites excluding steroid dienone is 2. The highest BCUT2D eigenvalue weighted by Crippen LogP contribution is 2.36. The quantitative estimate of drug-likeness (QED) is 0.199. The van der Waals surface area contributed by atoms with Crippen LogP contribution in [0.1, 0.15) is 48.3 Å². The molecular weight excluding hydrogens is 494 g/mol. The van der Waals surface area contributed by atoms with Crippen molar-refractivity contribution in [2.45, 2.75) is 70.2 Å². The SMILES string of the molecule is Cc1sc(CC[C@H](O)/C=C/[C@@H]2[C@@H](C/C=C/CCCC(=O)NCCO)[C@@H](O)C[C@H]2O)cc1Br. The van der Waals surface area contributed by atoms with E-state index < -0.39 is 18.3 Å². The lowest BCUT2D eigenvalue weighted by atomic mass is 9.89. The molecule has 0 radical (unpaired) electrons. The first-order valence-corrected chi connectivity index (χ1v) is 12.9. The van der Waals surface area contributed by atoms with Crippen LogP contribution < -0.4 is 5.32 Å². The summed E-state index contributed by atoms with van der Waals surface area (Å²) in [5.41, 5.74) is 0. The number of halogens is 1. The molecule has 0 saturated heterocycles. The zero-order valence-electron chi connectivity index (χ0n) is 18.6. The summed E-state index contributed by atoms with van der Waals surface area (Å²) < 4.78 is 1.10. The van der Waals surface area contributed by atoms with Gasteiger partial charge in [-0.05, 0) is 66.9 Å². The second kappa shape index (κ2) is 14.3. The van der Waals surface area contributed by atoms with Crippen molar-refractivity contribution in [2.75, 3.05) is 13.2 Å². The maximum atomic E-state index is 11.5. The summed E-state index contributed by atoms with van der Waals surface area (Å²) in [6, 6.07) is 2.09. The number of amides is 1. The summed E-state index contributed by atoms with van der Waals surface area (Å²) in [5.74, 6) is -0.340. The number of aliphatic hydroxyl groups is 4. The molecule has 1 aromatic rings. The predicted octanol–water partition coefficient (Wildman–Crippen LogP) is 3.25. The minimum atomic E-state index is -0.613. The number of rotatable bonds is 13. The number of carbonyl (C=O) groups excluding carboxylic acids is 1. The minimum absolute atomic E-state index is 0.0554. The number of aryl methyl sites for hydroxylation is 2. The lowest BCUT2D eigenvalue weighted by molar-refractivity contribution is -0.121. The number of hydrogen-bond acceptors (Lipinski definition) is 6. The van der Waals surface area contributed by atoms with Crippen molar-refractivity contribution < 1.29 is 25.2 Å². The molecule has 0 unspecified atom stereocenters. The molecule has 1 aromatic heterocycles. The minimum Gasteiger partial charge on any atom is -0.395 e. The number of hydrogen-bond donors (Lipinski definition) is 5. The van der Waals surface area contributed by atoms with Gasteiger partial charge in [-0.1, -0.05) is 24.3 Å². The van der Waals surface area contributed by atoms with Crippen molar-refractivity contribution in [3.05, 3.63) is 44.6 Å². The standard InChI is InChI=1S/C24H36BrNO5S/c1-16-21(25)14-18(32-16)10-8-17(28)9-11-20-19(22(29)15-23(20)30)6-4-2-3-5-7-24(31)26-12-13-27/h2,4,9,11,14,17,19-20,22-23,27-30H,3,5-8,10,12-13,15H2,1H3,(H,26,31)/b4-2+,11-9+/t17-,19+,20+,22-,23+/m0/s1. The Bertz CT molecular complexity index is 746. The van der Waals surface area contributed by atoms with Gasteiger partial charge in [0.2, 0.25) is 5.91 Å². The van der Waals surface area contributed by atoms with Gasteiger partial charge in [-0.2, -0.15) is 0 Å². The van der Waals surface area contributed by atoms with Crippen LogP contribution in [0.15, 0.2) is 34.8 Å². The molecule has 0 bridgehead atoms. The van der Waals surface area contributed by atoms with Gasteiger partial charge in [0.25, 0.3) is 0 Å². The first-order valence-electron chi connectivity index (χ1n) is 11.3. The third kappa shape index (κ3) is 9.08. The van der Waals surface area contributed by atoms with Gasteiger partial charge in [-0.25, -0.2) is 0 Å². The Kier molecular flexibility index (Phi) is 12.1. The maximum absolute atomic E-state index is 11.5. The van der Waals surface area contributed by atoms with E-state index in [0.29, 0.717) is 25.7 Å². The second-order valence-electron chi connectivity index (χ2n) is 8.39. The smallest absolute Gasteiger partial charge is 0.220 e. The summed E-state index contributed by atoms with van der Waals surface area (Å²) in [4.78, 5) is 14.0. The monoisotopic (exact) mass is 529 g/mol. The molecule has 1 aliphatic rings. The Morgan fingerprint density at radius 3 is 2.81 bits per heavy atom. The van der Waals surface area contributed by atoms with E-state index in [1.807, 2.05) is 18.2 Å². The first-order chi connectivity index (χ1) is 15.3. The van der Waals surface area contributed by atoms with Crippen LogP contribution in [0.4, 0.5) is 0 Å². The lowest BCUT2D eigenvalue weighted by Gasteiger charge is -2.19. The van der Waals surface area contributed by atoms with E-state index in [4.69, 9.17) is 5.11 Å². The summed E-state index contributed by atoms with van der Waals surface area (Å²) in [6.45, 7) is 2.29. The van der Waals surface area contributed by atoms with Crippen molar-refractivity contribution in [1.29, 1.82) is 0 Å². The molecule has 1 aliphatic carbocycles. The van der Waals surface area contributed by atoms with Crippen LogP contribution >= 0.6 is 27.3 Å². The average molecular weight is 531 g/mol. The largest absolute Gasteiger partial charge is 0.395 e. The van der Waals surface area contributed by atoms with Gasteiger partial charge >= 0.3 is 0 Å². The zero-order valence-corrected chi connectivity index (χ0v) is 21.0. The molecule has 8 heteroatoms. The van der Waals surface area contributed by atoms with Crippen molar-refractivity contribution in [3.63, 3.8) is 0 Å². The van der Waals surface area contributed by atoms with Crippen LogP contribution in [0.2, 0.25) is 0 Å². The van der Waals surface area contributed by atoms with E-state index in [-0.39, 0.29) is 30.9 Å². The molecule has 5 atom stereocenters. The Hall–Kier alpha value is -1.03. The molecule has 180 valence electrons. The number of thiophene rings is 1. The molecule has 0 aliphatic heterocycles. The van der Waals surface area contributed by atoms with E-state index in [9.17, 15) is 20.1 Å². The van der Waals surface area contributed by atoms with Crippen LogP contribution in [0.3, 0.4) is 0 Å². The highest BCUT2D eigenvalue weighted by molar-refractivity contribution is 9.10. The predicted molar refractivity (Wildman–Crippen MR) is 132 cm³/mol. The van der Waals surface area contributed by atoms with E-state index in [1.54, 1.807) is 17.4 Å². The molecule has 1 amide bonds. The fraction of sp³-hybridized carbons (Fsp3) is 0.625. The highest BCUT2D eigenvalue weighted by atomic mass is 79.9. The fourth-order valence-corrected chi connectivity index (χ4v) is 5.64. The molecule has 1 saturated carbocycles. The molecular formula is C24H36BrNO5S. The number of unbranched alkanes of at least 4 members (excludes halogenated alkanes) is 1. The topological polar surface area (TPSA) is 110 Å². The Balaban J connectivity index is 1.77. The lowest BCUT2D eigenvalue weighted by Crippen LogP contribution is -2.25. The first kappa shape index (κ1) is 27.2. The van der Waals surface area contributed by atoms with Crippen LogP contribution in [0.5, 0.6) is 0 Å². The van der Waals surface area contributed by atoms with Gasteiger partial charge in [0, 0.05) is 39.5 Å². The molecule has 6 nitrogen and oxygen atoms in total. The summed E-state index contributed by atoms with van der Waals surface area (Å²) in [7, 11) is 0. The fourth-order valence-electron chi connectivity index (χ4n) is 4.03. The molecule has 2 rings (SSSR count). The Labute approximate surface area is 203 Å². The average Bonchev–Trinajstić information content (AvgIpc) is 3.22. The molecule has 0 aromatic carbocycles. The summed E-state index contributed by atoms with van der Waals surface area (Å²) >= 11 is 5.24. The van der Waals surface area contributed by atoms with Crippen LogP contribution in [0, 0.1) is 18.8 Å². The second-order valence-corrected chi connectivity index (χ2v) is 10.6. The Morgan fingerprint density at radius 2 is 2.12 bits per heavy atom. The van der Waals surface area contributed by atoms with Gasteiger partial charge in [-0.3, -0.25) is 4.79 Å². The highest BCUT2D eigenvalue weighted by Gasteiger charge is 2.39. The van der Waals surface area contributed by atoms with Crippen LogP contribution in [0.25, 0.3) is 0 Å². The van der Waals surface area contributed by atoms with Crippen molar-refractivity contribution >= 4 is 33.2 Å². The van der Waals surface area contributed by atoms with Crippen LogP contribution in [-0.2, 0) is 11.2 Å². The van der Waals surface area contributed by atoms with E-state index in [0.717, 1.165) is 23.7 Å². The number of aliphatic hydroxyl groups excluding tert-OH is 4. The maximum Gasteiger partial charge on any atom is 0.220 e. The molecule has 0 spiro atoms. The van der Waals surface area contributed by atoms with Gasteiger partial charge in [0.1, 0.15) is 0 Å². The normalized spacial score (nSPS) is 24.6.